The van der Waals surface area contributed by atoms with E-state index >= 15 is 0 Å². The van der Waals surface area contributed by atoms with E-state index in [4.69, 9.17) is 26.2 Å². The average Bonchev–Trinajstić information content (AvgIpc) is 2.49. The van der Waals surface area contributed by atoms with Gasteiger partial charge < -0.3 is 9.47 Å². The predicted octanol–water partition coefficient (Wildman–Crippen LogP) is 0.684. The number of hydrogen-bond donors (Lipinski definition) is 2. The highest BCUT2D eigenvalue weighted by molar-refractivity contribution is 7.90. The third-order valence-corrected chi connectivity index (χ3v) is 2.53. The number of benzene rings is 1. The predicted molar refractivity (Wildman–Crippen MR) is 54.3 cm³/mol. The van der Waals surface area contributed by atoms with Crippen LogP contribution in [-0.2, 0) is 10.2 Å². The monoisotopic (exact) mass is 250 g/mol. The highest BCUT2D eigenvalue weighted by Crippen LogP contribution is 2.39. The summed E-state index contributed by atoms with van der Waals surface area (Å²) in [5, 5.41) is 5.00. The van der Waals surface area contributed by atoms with E-state index in [-0.39, 0.29) is 17.5 Å². The zero-order valence-electron chi connectivity index (χ0n) is 7.36. The Labute approximate surface area is 91.1 Å². The van der Waals surface area contributed by atoms with Gasteiger partial charge in [0.1, 0.15) is 0 Å². The smallest absolute Gasteiger partial charge is 0.296 e. The van der Waals surface area contributed by atoms with Crippen LogP contribution in [-0.4, -0.2) is 15.2 Å². The van der Waals surface area contributed by atoms with Crippen LogP contribution in [0.1, 0.15) is 0 Å². The van der Waals surface area contributed by atoms with E-state index in [2.05, 4.69) is 4.72 Å². The Kier molecular flexibility index (Phi) is 2.37. The van der Waals surface area contributed by atoms with E-state index in [1.54, 1.807) is 0 Å². The second-order valence-corrected chi connectivity index (χ2v) is 4.53. The maximum Gasteiger partial charge on any atom is 0.296 e. The summed E-state index contributed by atoms with van der Waals surface area (Å²) in [5.74, 6) is 0.894. The molecule has 1 aromatic rings. The molecule has 6 nitrogen and oxygen atoms in total. The van der Waals surface area contributed by atoms with E-state index in [9.17, 15) is 8.42 Å². The van der Waals surface area contributed by atoms with Crippen LogP contribution in [0.4, 0.5) is 5.69 Å². The minimum Gasteiger partial charge on any atom is -0.454 e. The molecule has 0 saturated carbocycles. The highest BCUT2D eigenvalue weighted by Gasteiger charge is 2.17. The van der Waals surface area contributed by atoms with E-state index in [0.29, 0.717) is 11.5 Å². The molecule has 0 amide bonds. The van der Waals surface area contributed by atoms with Gasteiger partial charge in [0.05, 0.1) is 10.7 Å². The third-order valence-electron chi connectivity index (χ3n) is 1.71. The first-order valence-corrected chi connectivity index (χ1v) is 5.78. The SMILES string of the molecule is NS(=O)(=O)Nc1cc2c(cc1Cl)OCO2. The summed E-state index contributed by atoms with van der Waals surface area (Å²) in [6, 6.07) is 2.87. The summed E-state index contributed by atoms with van der Waals surface area (Å²) in [6.45, 7) is 0.0878. The van der Waals surface area contributed by atoms with Gasteiger partial charge in [-0.05, 0) is 0 Å². The van der Waals surface area contributed by atoms with Crippen molar-refractivity contribution in [1.29, 1.82) is 0 Å². The second-order valence-electron chi connectivity index (χ2n) is 2.83. The lowest BCUT2D eigenvalue weighted by molar-refractivity contribution is 0.174. The standard InChI is InChI=1S/C7H7ClN2O4S/c8-4-1-6-7(14-3-13-6)2-5(4)10-15(9,11)12/h1-2,10H,3H2,(H2,9,11,12). The number of nitrogens with two attached hydrogens (primary N) is 1. The van der Waals surface area contributed by atoms with Gasteiger partial charge in [-0.15, -0.1) is 0 Å². The lowest BCUT2D eigenvalue weighted by Gasteiger charge is -2.06. The first-order valence-electron chi connectivity index (χ1n) is 3.85. The molecule has 2 rings (SSSR count). The lowest BCUT2D eigenvalue weighted by atomic mass is 10.3. The van der Waals surface area contributed by atoms with Gasteiger partial charge in [-0.2, -0.15) is 8.42 Å². The second kappa shape index (κ2) is 3.44. The first-order chi connectivity index (χ1) is 6.96. The molecule has 3 N–H and O–H groups in total. The molecule has 1 aliphatic rings. The van der Waals surface area contributed by atoms with Gasteiger partial charge in [-0.3, -0.25) is 4.72 Å². The number of hydrogen-bond acceptors (Lipinski definition) is 4. The quantitative estimate of drug-likeness (QED) is 0.808. The Morgan fingerprint density at radius 3 is 2.53 bits per heavy atom. The van der Waals surface area contributed by atoms with Gasteiger partial charge in [-0.1, -0.05) is 11.6 Å². The first kappa shape index (κ1) is 10.3. The highest BCUT2D eigenvalue weighted by atomic mass is 35.5. The molecule has 0 unspecified atom stereocenters. The van der Waals surface area contributed by atoms with E-state index in [0.717, 1.165) is 0 Å². The molecule has 82 valence electrons. The molecule has 0 radical (unpaired) electrons. The van der Waals surface area contributed by atoms with Crippen LogP contribution in [0.25, 0.3) is 0 Å². The van der Waals surface area contributed by atoms with E-state index < -0.39 is 10.2 Å². The summed E-state index contributed by atoms with van der Waals surface area (Å²) >= 11 is 5.80. The Morgan fingerprint density at radius 1 is 1.33 bits per heavy atom. The molecule has 0 saturated heterocycles. The van der Waals surface area contributed by atoms with Gasteiger partial charge in [0.25, 0.3) is 10.2 Å². The molecule has 1 aliphatic heterocycles. The Morgan fingerprint density at radius 2 is 1.93 bits per heavy atom. The fourth-order valence-corrected chi connectivity index (χ4v) is 1.88. The van der Waals surface area contributed by atoms with Crippen molar-refractivity contribution >= 4 is 27.5 Å². The van der Waals surface area contributed by atoms with Crippen LogP contribution in [0.5, 0.6) is 11.5 Å². The largest absolute Gasteiger partial charge is 0.454 e. The van der Waals surface area contributed by atoms with Crippen molar-refractivity contribution in [3.8, 4) is 11.5 Å². The molecule has 0 bridgehead atoms. The summed E-state index contributed by atoms with van der Waals surface area (Å²) in [5.41, 5.74) is 0.156. The Hall–Kier alpha value is -1.18. The van der Waals surface area contributed by atoms with E-state index in [1.807, 2.05) is 0 Å². The minimum absolute atomic E-state index is 0.0878. The van der Waals surface area contributed by atoms with Crippen LogP contribution >= 0.6 is 11.6 Å². The zero-order valence-corrected chi connectivity index (χ0v) is 8.93. The van der Waals surface area contributed by atoms with Crippen LogP contribution in [0.3, 0.4) is 0 Å². The van der Waals surface area contributed by atoms with Crippen molar-refractivity contribution in [3.05, 3.63) is 17.2 Å². The number of halogens is 1. The maximum atomic E-state index is 10.8. The fraction of sp³-hybridized carbons (Fsp3) is 0.143. The van der Waals surface area contributed by atoms with Crippen molar-refractivity contribution in [2.24, 2.45) is 5.14 Å². The zero-order chi connectivity index (χ0) is 11.1. The van der Waals surface area contributed by atoms with Crippen LogP contribution in [0.15, 0.2) is 12.1 Å². The molecular formula is C7H7ClN2O4S. The van der Waals surface area contributed by atoms with Crippen LogP contribution in [0, 0.1) is 0 Å². The van der Waals surface area contributed by atoms with Crippen LogP contribution < -0.4 is 19.3 Å². The number of anilines is 1. The molecule has 15 heavy (non-hydrogen) atoms. The molecule has 0 aliphatic carbocycles. The third kappa shape index (κ3) is 2.25. The maximum absolute atomic E-state index is 10.8. The molecule has 0 atom stereocenters. The number of fused-ring (bicyclic) bond motifs is 1. The molecule has 0 spiro atoms. The normalized spacial score (nSPS) is 14.0. The number of nitrogens with one attached hydrogen (secondary N) is 1. The summed E-state index contributed by atoms with van der Waals surface area (Å²) < 4.78 is 33.7. The van der Waals surface area contributed by atoms with Gasteiger partial charge >= 0.3 is 0 Å². The van der Waals surface area contributed by atoms with Crippen molar-refractivity contribution < 1.29 is 17.9 Å². The van der Waals surface area contributed by atoms with Gasteiger partial charge in [0.2, 0.25) is 6.79 Å². The molecule has 0 fully saturated rings. The minimum atomic E-state index is -3.85. The Balaban J connectivity index is 2.41. The molecular weight excluding hydrogens is 244 g/mol. The van der Waals surface area contributed by atoms with Crippen LogP contribution in [0.2, 0.25) is 5.02 Å². The van der Waals surface area contributed by atoms with Crippen molar-refractivity contribution in [1.82, 2.24) is 0 Å². The van der Waals surface area contributed by atoms with E-state index in [1.165, 1.54) is 12.1 Å². The number of ether oxygens (including phenoxy) is 2. The molecule has 8 heteroatoms. The molecule has 1 aromatic carbocycles. The summed E-state index contributed by atoms with van der Waals surface area (Å²) in [6.07, 6.45) is 0. The van der Waals surface area contributed by atoms with Crippen molar-refractivity contribution in [3.63, 3.8) is 0 Å². The number of rotatable bonds is 2. The molecule has 0 aromatic heterocycles. The van der Waals surface area contributed by atoms with Gasteiger partial charge in [-0.25, -0.2) is 5.14 Å². The lowest BCUT2D eigenvalue weighted by Crippen LogP contribution is -2.21. The van der Waals surface area contributed by atoms with Crippen molar-refractivity contribution in [2.45, 2.75) is 0 Å². The van der Waals surface area contributed by atoms with Crippen molar-refractivity contribution in [2.75, 3.05) is 11.5 Å². The fourth-order valence-electron chi connectivity index (χ4n) is 1.15. The Bertz CT molecular complexity index is 502. The summed E-state index contributed by atoms with van der Waals surface area (Å²) in [7, 11) is -3.85. The van der Waals surface area contributed by atoms with Gasteiger partial charge in [0, 0.05) is 12.1 Å². The molecule has 1 heterocycles. The topological polar surface area (TPSA) is 90.7 Å². The average molecular weight is 251 g/mol. The van der Waals surface area contributed by atoms with Gasteiger partial charge in [0.15, 0.2) is 11.5 Å². The summed E-state index contributed by atoms with van der Waals surface area (Å²) in [4.78, 5) is 0.